The van der Waals surface area contributed by atoms with Gasteiger partial charge in [0.15, 0.2) is 0 Å². The predicted molar refractivity (Wildman–Crippen MR) is 71.2 cm³/mol. The van der Waals surface area contributed by atoms with Crippen LogP contribution < -0.4 is 4.90 Å². The molecule has 0 atom stereocenters. The molecule has 0 N–H and O–H groups in total. The number of halogens is 1. The average molecular weight is 264 g/mol. The molecule has 1 amide bonds. The highest BCUT2D eigenvalue weighted by molar-refractivity contribution is 7.12. The van der Waals surface area contributed by atoms with Crippen molar-refractivity contribution in [3.8, 4) is 0 Å². The lowest BCUT2D eigenvalue weighted by Crippen LogP contribution is -2.28. The van der Waals surface area contributed by atoms with E-state index in [2.05, 4.69) is 6.07 Å². The van der Waals surface area contributed by atoms with Crippen LogP contribution in [0, 0.1) is 0 Å². The molecule has 2 heterocycles. The first kappa shape index (κ1) is 10.8. The van der Waals surface area contributed by atoms with Crippen molar-refractivity contribution in [3.63, 3.8) is 0 Å². The Morgan fingerprint density at radius 1 is 1.29 bits per heavy atom. The molecule has 0 fully saturated rings. The molecule has 2 nitrogen and oxygen atoms in total. The van der Waals surface area contributed by atoms with E-state index in [1.165, 1.54) is 16.9 Å². The summed E-state index contributed by atoms with van der Waals surface area (Å²) in [6.07, 6.45) is 0.922. The van der Waals surface area contributed by atoms with Gasteiger partial charge in [-0.2, -0.15) is 0 Å². The maximum Gasteiger partial charge on any atom is 0.269 e. The van der Waals surface area contributed by atoms with Gasteiger partial charge < -0.3 is 4.90 Å². The number of hydrogen-bond donors (Lipinski definition) is 0. The van der Waals surface area contributed by atoms with Gasteiger partial charge in [0.25, 0.3) is 5.91 Å². The number of carbonyl (C=O) groups is 1. The number of rotatable bonds is 1. The van der Waals surface area contributed by atoms with Crippen molar-refractivity contribution >= 4 is 34.5 Å². The fourth-order valence-corrected chi connectivity index (χ4v) is 3.20. The average Bonchev–Trinajstić information content (AvgIpc) is 2.94. The third kappa shape index (κ3) is 1.75. The lowest BCUT2D eigenvalue weighted by molar-refractivity contribution is 0.0993. The van der Waals surface area contributed by atoms with E-state index in [-0.39, 0.29) is 5.91 Å². The number of para-hydroxylation sites is 1. The van der Waals surface area contributed by atoms with Gasteiger partial charge in [0.1, 0.15) is 4.88 Å². The third-order valence-corrected chi connectivity index (χ3v) is 4.27. The summed E-state index contributed by atoms with van der Waals surface area (Å²) in [6.45, 7) is 0.742. The van der Waals surface area contributed by atoms with Gasteiger partial charge in [-0.15, -0.1) is 11.3 Å². The third-order valence-electron chi connectivity index (χ3n) is 2.94. The standard InChI is InChI=1S/C13H10ClNOS/c14-10-6-8-17-12(10)13(16)15-7-5-9-3-1-2-4-11(9)15/h1-4,6,8H,5,7H2. The molecule has 0 radical (unpaired) electrons. The summed E-state index contributed by atoms with van der Waals surface area (Å²) < 4.78 is 0. The number of nitrogens with zero attached hydrogens (tertiary/aromatic N) is 1. The molecule has 0 aliphatic carbocycles. The molecule has 0 saturated carbocycles. The molecule has 0 saturated heterocycles. The lowest BCUT2D eigenvalue weighted by atomic mass is 10.2. The molecule has 1 aliphatic rings. The topological polar surface area (TPSA) is 20.3 Å². The second kappa shape index (κ2) is 4.17. The van der Waals surface area contributed by atoms with Crippen LogP contribution in [0.1, 0.15) is 15.2 Å². The molecule has 1 aromatic heterocycles. The van der Waals surface area contributed by atoms with Crippen LogP contribution in [0.3, 0.4) is 0 Å². The van der Waals surface area contributed by atoms with Gasteiger partial charge >= 0.3 is 0 Å². The van der Waals surface area contributed by atoms with Crippen LogP contribution >= 0.6 is 22.9 Å². The zero-order valence-electron chi connectivity index (χ0n) is 9.02. The highest BCUT2D eigenvalue weighted by Crippen LogP contribution is 2.31. The number of anilines is 1. The predicted octanol–water partition coefficient (Wildman–Crippen LogP) is 3.60. The fraction of sp³-hybridized carbons (Fsp3) is 0.154. The minimum atomic E-state index is 0.00921. The maximum absolute atomic E-state index is 12.3. The second-order valence-electron chi connectivity index (χ2n) is 3.93. The van der Waals surface area contributed by atoms with E-state index in [4.69, 9.17) is 11.6 Å². The zero-order valence-corrected chi connectivity index (χ0v) is 10.6. The summed E-state index contributed by atoms with van der Waals surface area (Å²) in [5, 5.41) is 2.39. The number of thiophene rings is 1. The van der Waals surface area contributed by atoms with E-state index in [1.54, 1.807) is 6.07 Å². The molecule has 17 heavy (non-hydrogen) atoms. The van der Waals surface area contributed by atoms with Gasteiger partial charge in [0, 0.05) is 12.2 Å². The van der Waals surface area contributed by atoms with Gasteiger partial charge in [-0.25, -0.2) is 0 Å². The van der Waals surface area contributed by atoms with Crippen LogP contribution in [0.15, 0.2) is 35.7 Å². The van der Waals surface area contributed by atoms with E-state index in [1.807, 2.05) is 28.5 Å². The van der Waals surface area contributed by atoms with Crippen molar-refractivity contribution in [2.45, 2.75) is 6.42 Å². The monoisotopic (exact) mass is 263 g/mol. The summed E-state index contributed by atoms with van der Waals surface area (Å²) in [5.74, 6) is 0.00921. The summed E-state index contributed by atoms with van der Waals surface area (Å²) in [4.78, 5) is 14.8. The van der Waals surface area contributed by atoms with Crippen molar-refractivity contribution in [3.05, 3.63) is 51.2 Å². The van der Waals surface area contributed by atoms with E-state index in [0.717, 1.165) is 18.7 Å². The Bertz CT molecular complexity index is 578. The van der Waals surface area contributed by atoms with Crippen LogP contribution in [-0.4, -0.2) is 12.5 Å². The first-order valence-corrected chi connectivity index (χ1v) is 6.66. The molecule has 0 unspecified atom stereocenters. The van der Waals surface area contributed by atoms with Crippen molar-refractivity contribution in [2.24, 2.45) is 0 Å². The molecule has 86 valence electrons. The van der Waals surface area contributed by atoms with Gasteiger partial charge in [-0.1, -0.05) is 29.8 Å². The van der Waals surface area contributed by atoms with E-state index in [0.29, 0.717) is 9.90 Å². The highest BCUT2D eigenvalue weighted by atomic mass is 35.5. The number of benzene rings is 1. The van der Waals surface area contributed by atoms with Crippen LogP contribution in [0.4, 0.5) is 5.69 Å². The van der Waals surface area contributed by atoms with Gasteiger partial charge in [0.2, 0.25) is 0 Å². The first-order valence-electron chi connectivity index (χ1n) is 5.40. The number of amides is 1. The second-order valence-corrected chi connectivity index (χ2v) is 5.26. The number of hydrogen-bond acceptors (Lipinski definition) is 2. The fourth-order valence-electron chi connectivity index (χ4n) is 2.12. The lowest BCUT2D eigenvalue weighted by Gasteiger charge is -2.16. The Balaban J connectivity index is 1.98. The van der Waals surface area contributed by atoms with E-state index < -0.39 is 0 Å². The van der Waals surface area contributed by atoms with E-state index >= 15 is 0 Å². The minimum absolute atomic E-state index is 0.00921. The van der Waals surface area contributed by atoms with Gasteiger partial charge in [-0.05, 0) is 29.5 Å². The summed E-state index contributed by atoms with van der Waals surface area (Å²) >= 11 is 7.40. The minimum Gasteiger partial charge on any atom is -0.307 e. The van der Waals surface area contributed by atoms with Gasteiger partial charge in [0.05, 0.1) is 5.02 Å². The SMILES string of the molecule is O=C(c1sccc1Cl)N1CCc2ccccc21. The molecule has 1 aromatic carbocycles. The van der Waals surface area contributed by atoms with Crippen LogP contribution in [0.2, 0.25) is 5.02 Å². The van der Waals surface area contributed by atoms with Crippen molar-refractivity contribution < 1.29 is 4.79 Å². The molecular weight excluding hydrogens is 254 g/mol. The molecule has 0 spiro atoms. The molecule has 4 heteroatoms. The quantitative estimate of drug-likeness (QED) is 0.770. The first-order chi connectivity index (χ1) is 8.27. The Labute approximate surface area is 108 Å². The van der Waals surface area contributed by atoms with Gasteiger partial charge in [-0.3, -0.25) is 4.79 Å². The van der Waals surface area contributed by atoms with Crippen molar-refractivity contribution in [1.82, 2.24) is 0 Å². The van der Waals surface area contributed by atoms with Crippen LogP contribution in [0.5, 0.6) is 0 Å². The number of carbonyl (C=O) groups excluding carboxylic acids is 1. The zero-order chi connectivity index (χ0) is 11.8. The van der Waals surface area contributed by atoms with Crippen LogP contribution in [-0.2, 0) is 6.42 Å². The molecular formula is C13H10ClNOS. The summed E-state index contributed by atoms with van der Waals surface area (Å²) in [5.41, 5.74) is 2.25. The molecule has 2 aromatic rings. The largest absolute Gasteiger partial charge is 0.307 e. The molecule has 3 rings (SSSR count). The molecule has 0 bridgehead atoms. The van der Waals surface area contributed by atoms with Crippen molar-refractivity contribution in [2.75, 3.05) is 11.4 Å². The summed E-state index contributed by atoms with van der Waals surface area (Å²) in [6, 6.07) is 9.78. The number of fused-ring (bicyclic) bond motifs is 1. The highest BCUT2D eigenvalue weighted by Gasteiger charge is 2.26. The van der Waals surface area contributed by atoms with Crippen LogP contribution in [0.25, 0.3) is 0 Å². The smallest absolute Gasteiger partial charge is 0.269 e. The Kier molecular flexibility index (Phi) is 2.65. The maximum atomic E-state index is 12.3. The Morgan fingerprint density at radius 3 is 2.88 bits per heavy atom. The summed E-state index contributed by atoms with van der Waals surface area (Å²) in [7, 11) is 0. The normalized spacial score (nSPS) is 13.8. The Hall–Kier alpha value is -1.32. The Morgan fingerprint density at radius 2 is 2.12 bits per heavy atom. The van der Waals surface area contributed by atoms with E-state index in [9.17, 15) is 4.79 Å². The molecule has 1 aliphatic heterocycles. The van der Waals surface area contributed by atoms with Crippen molar-refractivity contribution in [1.29, 1.82) is 0 Å².